The van der Waals surface area contributed by atoms with Crippen LogP contribution in [-0.2, 0) is 29.0 Å². The number of nitrogens with zero attached hydrogens (tertiary/aromatic N) is 1. The molecular formula is C28H31FN2O2. The Morgan fingerprint density at radius 2 is 1.55 bits per heavy atom. The van der Waals surface area contributed by atoms with Gasteiger partial charge in [0.25, 0.3) is 0 Å². The van der Waals surface area contributed by atoms with Gasteiger partial charge in [-0.25, -0.2) is 4.39 Å². The predicted octanol–water partition coefficient (Wildman–Crippen LogP) is 4.84. The van der Waals surface area contributed by atoms with Gasteiger partial charge in [0.2, 0.25) is 11.8 Å². The molecule has 3 rings (SSSR count). The molecule has 0 saturated carbocycles. The molecule has 1 atom stereocenters. The smallest absolute Gasteiger partial charge is 0.243 e. The molecule has 1 unspecified atom stereocenters. The maximum absolute atomic E-state index is 14.3. The molecule has 2 amide bonds. The Morgan fingerprint density at radius 3 is 2.21 bits per heavy atom. The molecule has 172 valence electrons. The summed E-state index contributed by atoms with van der Waals surface area (Å²) < 4.78 is 14.3. The first-order chi connectivity index (χ1) is 16.0. The van der Waals surface area contributed by atoms with E-state index in [9.17, 15) is 14.0 Å². The summed E-state index contributed by atoms with van der Waals surface area (Å²) in [6.07, 6.45) is 1.07. The van der Waals surface area contributed by atoms with E-state index < -0.39 is 11.9 Å². The SMILES string of the molecule is CCCNC(=O)C(Cc1ccccc1)N(Cc1ccccc1C)C(=O)Cc1ccccc1F. The Kier molecular flexibility index (Phi) is 8.76. The molecule has 3 aromatic rings. The Labute approximate surface area is 195 Å². The zero-order chi connectivity index (χ0) is 23.6. The fourth-order valence-corrected chi connectivity index (χ4v) is 3.80. The average molecular weight is 447 g/mol. The third kappa shape index (κ3) is 6.75. The minimum Gasteiger partial charge on any atom is -0.354 e. The van der Waals surface area contributed by atoms with Gasteiger partial charge in [0.05, 0.1) is 6.42 Å². The lowest BCUT2D eigenvalue weighted by molar-refractivity contribution is -0.140. The highest BCUT2D eigenvalue weighted by Crippen LogP contribution is 2.19. The van der Waals surface area contributed by atoms with Gasteiger partial charge in [-0.05, 0) is 41.7 Å². The van der Waals surface area contributed by atoms with Gasteiger partial charge in [-0.3, -0.25) is 9.59 Å². The first-order valence-corrected chi connectivity index (χ1v) is 11.4. The van der Waals surface area contributed by atoms with Crippen molar-refractivity contribution in [1.29, 1.82) is 0 Å². The quantitative estimate of drug-likeness (QED) is 0.484. The van der Waals surface area contributed by atoms with Crippen LogP contribution in [0.3, 0.4) is 0 Å². The highest BCUT2D eigenvalue weighted by atomic mass is 19.1. The second-order valence-corrected chi connectivity index (χ2v) is 8.21. The van der Waals surface area contributed by atoms with E-state index in [4.69, 9.17) is 0 Å². The molecule has 4 nitrogen and oxygen atoms in total. The van der Waals surface area contributed by atoms with Gasteiger partial charge >= 0.3 is 0 Å². The maximum atomic E-state index is 14.3. The van der Waals surface area contributed by atoms with Gasteiger partial charge in [0.15, 0.2) is 0 Å². The second-order valence-electron chi connectivity index (χ2n) is 8.21. The first-order valence-electron chi connectivity index (χ1n) is 11.4. The normalized spacial score (nSPS) is 11.6. The molecule has 1 N–H and O–H groups in total. The third-order valence-corrected chi connectivity index (χ3v) is 5.72. The minimum atomic E-state index is -0.710. The maximum Gasteiger partial charge on any atom is 0.243 e. The molecule has 0 spiro atoms. The van der Waals surface area contributed by atoms with E-state index in [-0.39, 0.29) is 24.8 Å². The van der Waals surface area contributed by atoms with Crippen molar-refractivity contribution in [2.24, 2.45) is 0 Å². The lowest BCUT2D eigenvalue weighted by Gasteiger charge is -2.32. The number of amides is 2. The molecule has 0 fully saturated rings. The van der Waals surface area contributed by atoms with E-state index in [1.54, 1.807) is 23.1 Å². The fourth-order valence-electron chi connectivity index (χ4n) is 3.80. The van der Waals surface area contributed by atoms with E-state index in [0.29, 0.717) is 18.5 Å². The van der Waals surface area contributed by atoms with Gasteiger partial charge in [-0.15, -0.1) is 0 Å². The van der Waals surface area contributed by atoms with Crippen LogP contribution in [0.25, 0.3) is 0 Å². The Balaban J connectivity index is 1.97. The predicted molar refractivity (Wildman–Crippen MR) is 129 cm³/mol. The van der Waals surface area contributed by atoms with Crippen LogP contribution in [0.5, 0.6) is 0 Å². The van der Waals surface area contributed by atoms with Crippen molar-refractivity contribution in [3.63, 3.8) is 0 Å². The van der Waals surface area contributed by atoms with E-state index in [1.165, 1.54) is 6.07 Å². The second kappa shape index (κ2) is 12.0. The summed E-state index contributed by atoms with van der Waals surface area (Å²) in [4.78, 5) is 28.4. The summed E-state index contributed by atoms with van der Waals surface area (Å²) in [5.41, 5.74) is 3.28. The van der Waals surface area contributed by atoms with Crippen LogP contribution in [0.2, 0.25) is 0 Å². The van der Waals surface area contributed by atoms with E-state index in [1.807, 2.05) is 68.4 Å². The summed E-state index contributed by atoms with van der Waals surface area (Å²) in [5, 5.41) is 2.96. The topological polar surface area (TPSA) is 49.4 Å². The highest BCUT2D eigenvalue weighted by molar-refractivity contribution is 5.88. The van der Waals surface area contributed by atoms with Crippen molar-refractivity contribution in [3.8, 4) is 0 Å². The number of hydrogen-bond donors (Lipinski definition) is 1. The Bertz CT molecular complexity index is 1070. The molecule has 33 heavy (non-hydrogen) atoms. The summed E-state index contributed by atoms with van der Waals surface area (Å²) >= 11 is 0. The van der Waals surface area contributed by atoms with Crippen LogP contribution in [0.4, 0.5) is 4.39 Å². The van der Waals surface area contributed by atoms with E-state index >= 15 is 0 Å². The minimum absolute atomic E-state index is 0.106. The van der Waals surface area contributed by atoms with Crippen molar-refractivity contribution in [1.82, 2.24) is 10.2 Å². The molecule has 0 aromatic heterocycles. The van der Waals surface area contributed by atoms with Gasteiger partial charge in [0, 0.05) is 19.5 Å². The molecule has 0 saturated heterocycles. The largest absolute Gasteiger partial charge is 0.354 e. The molecule has 0 aliphatic heterocycles. The molecule has 3 aromatic carbocycles. The van der Waals surface area contributed by atoms with Gasteiger partial charge in [-0.1, -0.05) is 79.7 Å². The van der Waals surface area contributed by atoms with Crippen LogP contribution in [-0.4, -0.2) is 29.3 Å². The van der Waals surface area contributed by atoms with Crippen LogP contribution < -0.4 is 5.32 Å². The lowest BCUT2D eigenvalue weighted by atomic mass is 10.0. The summed E-state index contributed by atoms with van der Waals surface area (Å²) in [6, 6.07) is 23.0. The number of rotatable bonds is 10. The van der Waals surface area contributed by atoms with Crippen LogP contribution in [0.15, 0.2) is 78.9 Å². The highest BCUT2D eigenvalue weighted by Gasteiger charge is 2.30. The molecule has 5 heteroatoms. The Morgan fingerprint density at radius 1 is 0.909 bits per heavy atom. The number of halogens is 1. The third-order valence-electron chi connectivity index (χ3n) is 5.72. The molecular weight excluding hydrogens is 415 g/mol. The zero-order valence-corrected chi connectivity index (χ0v) is 19.3. The first kappa shape index (κ1) is 24.2. The molecule has 0 bridgehead atoms. The lowest BCUT2D eigenvalue weighted by Crippen LogP contribution is -2.51. The van der Waals surface area contributed by atoms with Gasteiger partial charge in [0.1, 0.15) is 11.9 Å². The van der Waals surface area contributed by atoms with Gasteiger partial charge in [-0.2, -0.15) is 0 Å². The zero-order valence-electron chi connectivity index (χ0n) is 19.3. The number of benzene rings is 3. The summed E-state index contributed by atoms with van der Waals surface area (Å²) in [6.45, 7) is 4.78. The molecule has 0 aliphatic carbocycles. The summed E-state index contributed by atoms with van der Waals surface area (Å²) in [5.74, 6) is -0.899. The van der Waals surface area contributed by atoms with E-state index in [0.717, 1.165) is 23.1 Å². The van der Waals surface area contributed by atoms with Crippen molar-refractivity contribution < 1.29 is 14.0 Å². The molecule has 0 aliphatic rings. The van der Waals surface area contributed by atoms with Crippen LogP contribution >= 0.6 is 0 Å². The van der Waals surface area contributed by atoms with Crippen LogP contribution in [0, 0.1) is 12.7 Å². The number of hydrogen-bond acceptors (Lipinski definition) is 2. The van der Waals surface area contributed by atoms with Crippen molar-refractivity contribution >= 4 is 11.8 Å². The number of aryl methyl sites for hydroxylation is 1. The Hall–Kier alpha value is -3.47. The fraction of sp³-hybridized carbons (Fsp3) is 0.286. The standard InChI is InChI=1S/C28H31FN2O2/c1-3-17-30-28(33)26(18-22-12-5-4-6-13-22)31(20-24-15-8-7-11-21(24)2)27(32)19-23-14-9-10-16-25(23)29/h4-16,26H,3,17-20H2,1-2H3,(H,30,33). The molecule has 0 radical (unpaired) electrons. The number of carbonyl (C=O) groups excluding carboxylic acids is 2. The monoisotopic (exact) mass is 446 g/mol. The van der Waals surface area contributed by atoms with Gasteiger partial charge < -0.3 is 10.2 Å². The average Bonchev–Trinajstić information content (AvgIpc) is 2.83. The number of nitrogens with one attached hydrogen (secondary N) is 1. The van der Waals surface area contributed by atoms with Crippen molar-refractivity contribution in [2.75, 3.05) is 6.54 Å². The van der Waals surface area contributed by atoms with Crippen LogP contribution in [0.1, 0.15) is 35.6 Å². The van der Waals surface area contributed by atoms with Crippen molar-refractivity contribution in [2.45, 2.75) is 45.7 Å². The summed E-state index contributed by atoms with van der Waals surface area (Å²) in [7, 11) is 0. The van der Waals surface area contributed by atoms with E-state index in [2.05, 4.69) is 5.32 Å². The molecule has 0 heterocycles. The number of carbonyl (C=O) groups is 2. The van der Waals surface area contributed by atoms with Crippen molar-refractivity contribution in [3.05, 3.63) is 107 Å².